The molecule has 1 aromatic carbocycles. The summed E-state index contributed by atoms with van der Waals surface area (Å²) in [5, 5.41) is 8.84. The molecule has 0 aliphatic heterocycles. The van der Waals surface area contributed by atoms with Crippen molar-refractivity contribution in [2.24, 2.45) is 17.8 Å². The van der Waals surface area contributed by atoms with Crippen LogP contribution in [0.5, 0.6) is 0 Å². The third-order valence-electron chi connectivity index (χ3n) is 7.43. The smallest absolute Gasteiger partial charge is 0.144 e. The first kappa shape index (κ1) is 23.0. The quantitative estimate of drug-likeness (QED) is 0.310. The van der Waals surface area contributed by atoms with E-state index < -0.39 is 17.2 Å². The van der Waals surface area contributed by atoms with Crippen molar-refractivity contribution in [2.75, 3.05) is 0 Å². The van der Waals surface area contributed by atoms with Crippen LogP contribution < -0.4 is 0 Å². The van der Waals surface area contributed by atoms with Crippen LogP contribution in [-0.4, -0.2) is 0 Å². The maximum absolute atomic E-state index is 13.9. The second kappa shape index (κ2) is 11.6. The van der Waals surface area contributed by atoms with Gasteiger partial charge < -0.3 is 0 Å². The summed E-state index contributed by atoms with van der Waals surface area (Å²) in [7, 11) is 0. The Bertz CT molecular complexity index is 709. The van der Waals surface area contributed by atoms with Crippen molar-refractivity contribution >= 4 is 0 Å². The Labute approximate surface area is 181 Å². The molecule has 30 heavy (non-hydrogen) atoms. The molecule has 0 spiro atoms. The molecule has 2 saturated carbocycles. The maximum atomic E-state index is 13.9. The van der Waals surface area contributed by atoms with Crippen LogP contribution in [0.1, 0.15) is 107 Å². The average Bonchev–Trinajstić information content (AvgIpc) is 2.76. The van der Waals surface area contributed by atoms with Gasteiger partial charge in [-0.1, -0.05) is 51.2 Å². The lowest BCUT2D eigenvalue weighted by Gasteiger charge is -2.29. The Morgan fingerprint density at radius 1 is 0.867 bits per heavy atom. The molecule has 3 rings (SSSR count). The fourth-order valence-corrected chi connectivity index (χ4v) is 5.42. The highest BCUT2D eigenvalue weighted by Gasteiger charge is 2.24. The van der Waals surface area contributed by atoms with Gasteiger partial charge in [-0.25, -0.2) is 8.78 Å². The molecule has 2 aliphatic carbocycles. The van der Waals surface area contributed by atoms with Crippen molar-refractivity contribution < 1.29 is 8.78 Å². The molecular formula is C27H37F2N. The third kappa shape index (κ3) is 6.40. The van der Waals surface area contributed by atoms with Gasteiger partial charge in [0.25, 0.3) is 0 Å². The van der Waals surface area contributed by atoms with Crippen LogP contribution >= 0.6 is 0 Å². The van der Waals surface area contributed by atoms with Gasteiger partial charge in [0.05, 0.1) is 0 Å². The summed E-state index contributed by atoms with van der Waals surface area (Å²) in [6.07, 6.45) is 21.4. The normalized spacial score (nSPS) is 27.3. The molecule has 0 unspecified atom stereocenters. The van der Waals surface area contributed by atoms with E-state index in [9.17, 15) is 8.78 Å². The number of hydrogen-bond acceptors (Lipinski definition) is 1. The van der Waals surface area contributed by atoms with Gasteiger partial charge in [0.2, 0.25) is 0 Å². The molecule has 3 heteroatoms. The zero-order chi connectivity index (χ0) is 21.3. The first-order valence-electron chi connectivity index (χ1n) is 12.2. The zero-order valence-corrected chi connectivity index (χ0v) is 18.5. The van der Waals surface area contributed by atoms with E-state index in [1.807, 2.05) is 0 Å². The molecule has 0 atom stereocenters. The number of hydrogen-bond donors (Lipinski definition) is 0. The van der Waals surface area contributed by atoms with Gasteiger partial charge in [-0.3, -0.25) is 0 Å². The molecule has 0 saturated heterocycles. The first-order valence-corrected chi connectivity index (χ1v) is 12.2. The molecule has 0 aromatic heterocycles. The minimum Gasteiger partial charge on any atom is -0.205 e. The molecular weight excluding hydrogens is 376 g/mol. The van der Waals surface area contributed by atoms with Crippen LogP contribution in [0.25, 0.3) is 0 Å². The fraction of sp³-hybridized carbons (Fsp3) is 0.667. The number of unbranched alkanes of at least 4 members (excludes halogenated alkanes) is 3. The average molecular weight is 414 g/mol. The van der Waals surface area contributed by atoms with E-state index in [-0.39, 0.29) is 5.92 Å². The van der Waals surface area contributed by atoms with E-state index in [0.29, 0.717) is 11.5 Å². The fourth-order valence-electron chi connectivity index (χ4n) is 5.42. The molecule has 0 bridgehead atoms. The topological polar surface area (TPSA) is 23.8 Å². The van der Waals surface area contributed by atoms with Crippen molar-refractivity contribution in [3.63, 3.8) is 0 Å². The molecule has 164 valence electrons. The van der Waals surface area contributed by atoms with E-state index >= 15 is 0 Å². The van der Waals surface area contributed by atoms with Gasteiger partial charge in [0.15, 0.2) is 0 Å². The maximum Gasteiger partial charge on any atom is 0.144 e. The summed E-state index contributed by atoms with van der Waals surface area (Å²) >= 11 is 0. The predicted octanol–water partition coefficient (Wildman–Crippen LogP) is 8.44. The van der Waals surface area contributed by atoms with Gasteiger partial charge in [0.1, 0.15) is 23.3 Å². The van der Waals surface area contributed by atoms with Crippen LogP contribution in [0.3, 0.4) is 0 Å². The Morgan fingerprint density at radius 3 is 1.97 bits per heavy atom. The van der Waals surface area contributed by atoms with Crippen LogP contribution in [0, 0.1) is 40.7 Å². The van der Waals surface area contributed by atoms with Gasteiger partial charge >= 0.3 is 0 Å². The lowest BCUT2D eigenvalue weighted by Crippen LogP contribution is -2.15. The highest BCUT2D eigenvalue weighted by molar-refractivity contribution is 5.36. The molecule has 0 heterocycles. The first-order chi connectivity index (χ1) is 14.6. The summed E-state index contributed by atoms with van der Waals surface area (Å²) in [6, 6.07) is 4.34. The van der Waals surface area contributed by atoms with Crippen LogP contribution in [0.4, 0.5) is 8.78 Å². The summed E-state index contributed by atoms with van der Waals surface area (Å²) in [6.45, 7) is 2.27. The highest BCUT2D eigenvalue weighted by Crippen LogP contribution is 2.38. The number of rotatable bonds is 8. The lowest BCUT2D eigenvalue weighted by molar-refractivity contribution is 0.287. The van der Waals surface area contributed by atoms with Crippen molar-refractivity contribution in [1.82, 2.24) is 0 Å². The zero-order valence-electron chi connectivity index (χ0n) is 18.5. The van der Waals surface area contributed by atoms with Gasteiger partial charge in [-0.2, -0.15) is 5.26 Å². The van der Waals surface area contributed by atoms with E-state index in [2.05, 4.69) is 19.1 Å². The monoisotopic (exact) mass is 413 g/mol. The van der Waals surface area contributed by atoms with Crippen molar-refractivity contribution in [3.8, 4) is 6.07 Å². The highest BCUT2D eigenvalue weighted by atomic mass is 19.1. The second-order valence-corrected chi connectivity index (χ2v) is 9.60. The van der Waals surface area contributed by atoms with Gasteiger partial charge in [-0.05, 0) is 92.7 Å². The summed E-state index contributed by atoms with van der Waals surface area (Å²) in [4.78, 5) is 0. The molecule has 2 fully saturated rings. The molecule has 1 nitrogen and oxygen atoms in total. The van der Waals surface area contributed by atoms with Crippen LogP contribution in [0.15, 0.2) is 24.3 Å². The summed E-state index contributed by atoms with van der Waals surface area (Å²) in [5.41, 5.74) is 0.245. The Hall–Kier alpha value is -1.69. The largest absolute Gasteiger partial charge is 0.205 e. The lowest BCUT2D eigenvalue weighted by atomic mass is 9.76. The molecule has 0 N–H and O–H groups in total. The summed E-state index contributed by atoms with van der Waals surface area (Å²) < 4.78 is 27.9. The Morgan fingerprint density at radius 2 is 1.43 bits per heavy atom. The van der Waals surface area contributed by atoms with Crippen molar-refractivity contribution in [2.45, 2.75) is 96.3 Å². The van der Waals surface area contributed by atoms with Crippen molar-refractivity contribution in [3.05, 3.63) is 47.0 Å². The minimum absolute atomic E-state index is 0.203. The van der Waals surface area contributed by atoms with Gasteiger partial charge in [0, 0.05) is 0 Å². The third-order valence-corrected chi connectivity index (χ3v) is 7.43. The van der Waals surface area contributed by atoms with Crippen LogP contribution in [-0.2, 0) is 0 Å². The van der Waals surface area contributed by atoms with E-state index in [0.717, 1.165) is 37.5 Å². The minimum atomic E-state index is -0.726. The molecule has 1 aromatic rings. The number of nitriles is 1. The number of benzene rings is 1. The molecule has 0 radical (unpaired) electrons. The predicted molar refractivity (Wildman–Crippen MR) is 119 cm³/mol. The van der Waals surface area contributed by atoms with Crippen molar-refractivity contribution in [1.29, 1.82) is 5.26 Å². The Kier molecular flexibility index (Phi) is 8.91. The molecule has 2 aliphatic rings. The van der Waals surface area contributed by atoms with E-state index in [1.54, 1.807) is 6.07 Å². The second-order valence-electron chi connectivity index (χ2n) is 9.60. The number of allylic oxidation sites excluding steroid dienone is 2. The van der Waals surface area contributed by atoms with Gasteiger partial charge in [-0.15, -0.1) is 0 Å². The van der Waals surface area contributed by atoms with E-state index in [1.165, 1.54) is 69.9 Å². The standard InChI is InChI=1S/C27H37F2N/c1-2-3-4-5-6-20-7-9-21(10-8-20)11-12-22-13-15-23(16-14-22)24-17-26(28)25(19-30)27(29)18-24/h11-12,17-18,20-23H,2-10,13-16H2,1H3/b12-11+. The molecule has 0 amide bonds. The summed E-state index contributed by atoms with van der Waals surface area (Å²) in [5.74, 6) is 1.05. The number of halogens is 2. The van der Waals surface area contributed by atoms with Crippen LogP contribution in [0.2, 0.25) is 0 Å². The Balaban J connectivity index is 1.40. The number of nitrogens with zero attached hydrogens (tertiary/aromatic N) is 1. The van der Waals surface area contributed by atoms with E-state index in [4.69, 9.17) is 5.26 Å². The SMILES string of the molecule is CCCCCCC1CCC(/C=C/C2CCC(c3cc(F)c(C#N)c(F)c3)CC2)CC1.